The molecule has 26 heavy (non-hydrogen) atoms. The number of carbonyl (C=O) groups is 3. The molecule has 0 aromatic carbocycles. The molecule has 1 saturated heterocycles. The quantitative estimate of drug-likeness (QED) is 0.450. The first-order chi connectivity index (χ1) is 12.4. The number of fused-ring (bicyclic) bond motifs is 1. The maximum absolute atomic E-state index is 12.4. The van der Waals surface area contributed by atoms with Crippen LogP contribution in [0.5, 0.6) is 0 Å². The number of aryl methyl sites for hydroxylation is 1. The number of thioether (sulfide) groups is 2. The summed E-state index contributed by atoms with van der Waals surface area (Å²) in [6.07, 6.45) is -0.351. The molecular formula is C13H13N7O4S2. The van der Waals surface area contributed by atoms with E-state index >= 15 is 0 Å². The van der Waals surface area contributed by atoms with Crippen molar-refractivity contribution >= 4 is 41.3 Å². The lowest BCUT2D eigenvalue weighted by Gasteiger charge is -2.49. The lowest BCUT2D eigenvalue weighted by molar-refractivity contribution is -0.150. The van der Waals surface area contributed by atoms with Gasteiger partial charge in [-0.25, -0.2) is 9.48 Å². The third-order valence-electron chi connectivity index (χ3n) is 3.76. The summed E-state index contributed by atoms with van der Waals surface area (Å²) in [7, 11) is 1.67. The van der Waals surface area contributed by atoms with E-state index < -0.39 is 29.2 Å². The van der Waals surface area contributed by atoms with E-state index in [1.54, 1.807) is 13.1 Å². The predicted octanol–water partition coefficient (Wildman–Crippen LogP) is -1.05. The lowest BCUT2D eigenvalue weighted by Crippen LogP contribution is -2.70. The molecule has 1 aromatic heterocycles. The minimum absolute atomic E-state index is 0.0628. The molecule has 11 nitrogen and oxygen atoms in total. The van der Waals surface area contributed by atoms with Crippen LogP contribution in [0.4, 0.5) is 0 Å². The molecule has 2 aliphatic rings. The highest BCUT2D eigenvalue weighted by molar-refractivity contribution is 8.01. The van der Waals surface area contributed by atoms with Crippen molar-refractivity contribution in [2.75, 3.05) is 11.5 Å². The van der Waals surface area contributed by atoms with Crippen LogP contribution in [0.25, 0.3) is 0 Å². The molecule has 1 aromatic rings. The second-order valence-electron chi connectivity index (χ2n) is 5.42. The van der Waals surface area contributed by atoms with Crippen LogP contribution in [0, 0.1) is 11.3 Å². The number of hydrogen-bond donors (Lipinski definition) is 2. The number of tetrazole rings is 1. The highest BCUT2D eigenvalue weighted by Gasteiger charge is 2.54. The summed E-state index contributed by atoms with van der Waals surface area (Å²) in [5.74, 6) is -1.52. The van der Waals surface area contributed by atoms with Crippen LogP contribution in [0.2, 0.25) is 0 Å². The van der Waals surface area contributed by atoms with Gasteiger partial charge in [-0.3, -0.25) is 14.5 Å². The number of amides is 2. The van der Waals surface area contributed by atoms with Gasteiger partial charge in [0.25, 0.3) is 5.91 Å². The Bertz CT molecular complexity index is 846. The van der Waals surface area contributed by atoms with Gasteiger partial charge in [0, 0.05) is 18.6 Å². The number of nitriles is 1. The van der Waals surface area contributed by atoms with Gasteiger partial charge in [-0.1, -0.05) is 11.8 Å². The van der Waals surface area contributed by atoms with Gasteiger partial charge in [0.2, 0.25) is 11.1 Å². The van der Waals surface area contributed by atoms with E-state index in [-0.39, 0.29) is 12.1 Å². The number of carboxylic acid groups (broad SMARTS) is 1. The van der Waals surface area contributed by atoms with Crippen LogP contribution in [0.15, 0.2) is 16.4 Å². The Morgan fingerprint density at radius 2 is 2.31 bits per heavy atom. The van der Waals surface area contributed by atoms with Gasteiger partial charge in [-0.05, 0) is 16.0 Å². The van der Waals surface area contributed by atoms with E-state index in [0.717, 1.165) is 0 Å². The molecule has 3 heterocycles. The summed E-state index contributed by atoms with van der Waals surface area (Å²) < 4.78 is 1.47. The highest BCUT2D eigenvalue weighted by Crippen LogP contribution is 2.41. The Labute approximate surface area is 155 Å². The second kappa shape index (κ2) is 7.34. The van der Waals surface area contributed by atoms with Gasteiger partial charge in [-0.15, -0.1) is 16.9 Å². The third-order valence-corrected chi connectivity index (χ3v) is 6.20. The molecule has 0 aliphatic carbocycles. The zero-order valence-electron chi connectivity index (χ0n) is 13.4. The molecule has 1 fully saturated rings. The van der Waals surface area contributed by atoms with Crippen LogP contribution in [-0.4, -0.2) is 70.9 Å². The van der Waals surface area contributed by atoms with Crippen molar-refractivity contribution in [2.24, 2.45) is 7.05 Å². The Hall–Kier alpha value is -2.59. The fourth-order valence-electron chi connectivity index (χ4n) is 2.59. The molecule has 0 bridgehead atoms. The standard InChI is InChI=1S/C13H13N7O4S2/c1-19-13(16-17-18-19)26-5-6-4-25-11-8(15-7(21)2-3-14)10(22)20(11)9(6)12(23)24/h8,11H,2,4-5H2,1H3,(H,15,21)(H,23,24). The average Bonchev–Trinajstić information content (AvgIpc) is 3.02. The molecule has 3 rings (SSSR count). The molecule has 2 atom stereocenters. The maximum atomic E-state index is 12.4. The number of aromatic nitrogens is 4. The Morgan fingerprint density at radius 1 is 1.54 bits per heavy atom. The van der Waals surface area contributed by atoms with E-state index in [4.69, 9.17) is 5.26 Å². The number of carbonyl (C=O) groups excluding carboxylic acids is 2. The van der Waals surface area contributed by atoms with Crippen LogP contribution in [0.1, 0.15) is 6.42 Å². The first-order valence-electron chi connectivity index (χ1n) is 7.35. The molecule has 2 aliphatic heterocycles. The van der Waals surface area contributed by atoms with E-state index in [0.29, 0.717) is 22.2 Å². The monoisotopic (exact) mass is 395 g/mol. The largest absolute Gasteiger partial charge is 0.477 e. The Morgan fingerprint density at radius 3 is 2.92 bits per heavy atom. The van der Waals surface area contributed by atoms with Gasteiger partial charge in [0.15, 0.2) is 0 Å². The molecule has 2 N–H and O–H groups in total. The fraction of sp³-hybridized carbons (Fsp3) is 0.462. The molecule has 0 spiro atoms. The van der Waals surface area contributed by atoms with Crippen molar-refractivity contribution in [2.45, 2.75) is 23.0 Å². The fourth-order valence-corrected chi connectivity index (χ4v) is 4.92. The predicted molar refractivity (Wildman–Crippen MR) is 89.4 cm³/mol. The van der Waals surface area contributed by atoms with Crippen LogP contribution in [-0.2, 0) is 21.4 Å². The number of β-lactam (4-membered cyclic amide) rings is 1. The third kappa shape index (κ3) is 3.25. The number of rotatable bonds is 6. The van der Waals surface area contributed by atoms with Gasteiger partial charge in [-0.2, -0.15) is 5.26 Å². The molecule has 2 unspecified atom stereocenters. The number of nitrogens with one attached hydrogen (secondary N) is 1. The van der Waals surface area contributed by atoms with Crippen LogP contribution < -0.4 is 5.32 Å². The van der Waals surface area contributed by atoms with Gasteiger partial charge in [0.1, 0.15) is 23.5 Å². The number of nitrogens with zero attached hydrogens (tertiary/aromatic N) is 6. The Kier molecular flexibility index (Phi) is 5.14. The Balaban J connectivity index is 1.75. The molecule has 136 valence electrons. The average molecular weight is 395 g/mol. The topological polar surface area (TPSA) is 154 Å². The molecular weight excluding hydrogens is 382 g/mol. The summed E-state index contributed by atoms with van der Waals surface area (Å²) in [4.78, 5) is 36.8. The van der Waals surface area contributed by atoms with E-state index in [1.165, 1.54) is 33.1 Å². The zero-order valence-corrected chi connectivity index (χ0v) is 15.1. The van der Waals surface area contributed by atoms with Crippen molar-refractivity contribution in [3.8, 4) is 6.07 Å². The van der Waals surface area contributed by atoms with Crippen molar-refractivity contribution in [3.63, 3.8) is 0 Å². The van der Waals surface area contributed by atoms with Crippen molar-refractivity contribution in [3.05, 3.63) is 11.3 Å². The highest BCUT2D eigenvalue weighted by atomic mass is 32.2. The van der Waals surface area contributed by atoms with E-state index in [2.05, 4.69) is 20.8 Å². The number of hydrogen-bond acceptors (Lipinski definition) is 9. The molecule has 13 heteroatoms. The molecule has 0 saturated carbocycles. The SMILES string of the molecule is Cn1nnnc1SCC1=C(C(=O)O)N2C(=O)C(NC(=O)CC#N)C2SC1. The summed E-state index contributed by atoms with van der Waals surface area (Å²) in [5, 5.41) is 31.7. The van der Waals surface area contributed by atoms with Crippen molar-refractivity contribution in [1.82, 2.24) is 30.4 Å². The van der Waals surface area contributed by atoms with Crippen molar-refractivity contribution < 1.29 is 19.5 Å². The zero-order chi connectivity index (χ0) is 18.8. The first-order valence-corrected chi connectivity index (χ1v) is 9.39. The minimum atomic E-state index is -1.20. The van der Waals surface area contributed by atoms with Crippen molar-refractivity contribution in [1.29, 1.82) is 5.26 Å². The molecule has 0 radical (unpaired) electrons. The first kappa shape index (κ1) is 18.2. The molecule has 2 amide bonds. The minimum Gasteiger partial charge on any atom is -0.477 e. The smallest absolute Gasteiger partial charge is 0.352 e. The maximum Gasteiger partial charge on any atom is 0.352 e. The van der Waals surface area contributed by atoms with Gasteiger partial charge in [0.05, 0.1) is 6.07 Å². The normalized spacial score (nSPS) is 21.7. The van der Waals surface area contributed by atoms with Gasteiger partial charge >= 0.3 is 5.97 Å². The van der Waals surface area contributed by atoms with E-state index in [1.807, 2.05) is 0 Å². The van der Waals surface area contributed by atoms with Crippen LogP contribution >= 0.6 is 23.5 Å². The van der Waals surface area contributed by atoms with Gasteiger partial charge < -0.3 is 10.4 Å². The lowest BCUT2D eigenvalue weighted by atomic mass is 10.0. The summed E-state index contributed by atoms with van der Waals surface area (Å²) in [5.41, 5.74) is 0.522. The van der Waals surface area contributed by atoms with E-state index in [9.17, 15) is 19.5 Å². The summed E-state index contributed by atoms with van der Waals surface area (Å²) in [6, 6.07) is 0.896. The second-order valence-corrected chi connectivity index (χ2v) is 7.47. The number of aliphatic carboxylic acids is 1. The number of carboxylic acids is 1. The summed E-state index contributed by atoms with van der Waals surface area (Å²) in [6.45, 7) is 0. The summed E-state index contributed by atoms with van der Waals surface area (Å²) >= 11 is 2.65. The van der Waals surface area contributed by atoms with Crippen LogP contribution in [0.3, 0.4) is 0 Å².